The Balaban J connectivity index is 2.39. The minimum Gasteiger partial charge on any atom is -0.423 e. The van der Waals surface area contributed by atoms with Crippen molar-refractivity contribution in [2.45, 2.75) is 26.7 Å². The van der Waals surface area contributed by atoms with Crippen molar-refractivity contribution < 1.29 is 9.53 Å². The van der Waals surface area contributed by atoms with E-state index in [1.54, 1.807) is 0 Å². The molecule has 0 saturated heterocycles. The summed E-state index contributed by atoms with van der Waals surface area (Å²) in [6.07, 6.45) is 7.11. The summed E-state index contributed by atoms with van der Waals surface area (Å²) in [5.41, 5.74) is 4.62. The summed E-state index contributed by atoms with van der Waals surface area (Å²) in [5, 5.41) is 0. The second kappa shape index (κ2) is 8.14. The lowest BCUT2D eigenvalue weighted by Gasteiger charge is -2.14. The van der Waals surface area contributed by atoms with E-state index in [-0.39, 0.29) is 0 Å². The van der Waals surface area contributed by atoms with Crippen LogP contribution < -0.4 is 4.74 Å². The quantitative estimate of drug-likeness (QED) is 0.322. The van der Waals surface area contributed by atoms with Crippen molar-refractivity contribution in [1.82, 2.24) is 0 Å². The van der Waals surface area contributed by atoms with Gasteiger partial charge in [0.25, 0.3) is 0 Å². The zero-order chi connectivity index (χ0) is 16.7. The molecular weight excluding hydrogens is 284 g/mol. The summed E-state index contributed by atoms with van der Waals surface area (Å²) in [5.74, 6) is 0.209. The zero-order valence-corrected chi connectivity index (χ0v) is 13.7. The van der Waals surface area contributed by atoms with Crippen LogP contribution in [0.1, 0.15) is 36.1 Å². The van der Waals surface area contributed by atoms with E-state index >= 15 is 0 Å². The third-order valence-corrected chi connectivity index (χ3v) is 3.76. The Bertz CT molecular complexity index is 712. The molecule has 0 spiro atoms. The van der Waals surface area contributed by atoms with Gasteiger partial charge in [-0.15, -0.1) is 0 Å². The van der Waals surface area contributed by atoms with Crippen LogP contribution in [0.5, 0.6) is 5.75 Å². The highest BCUT2D eigenvalue weighted by molar-refractivity contribution is 5.84. The molecule has 118 valence electrons. The summed E-state index contributed by atoms with van der Waals surface area (Å²) < 4.78 is 5.36. The Hall–Kier alpha value is -2.61. The SMILES string of the molecule is C=CC(=O)Oc1ccc(C=Cc2ccccc2)c(CC)c1CC. The van der Waals surface area contributed by atoms with Crippen molar-refractivity contribution in [1.29, 1.82) is 0 Å². The Kier molecular flexibility index (Phi) is 5.93. The molecule has 0 amide bonds. The molecule has 0 aliphatic rings. The summed E-state index contributed by atoms with van der Waals surface area (Å²) >= 11 is 0. The van der Waals surface area contributed by atoms with Gasteiger partial charge in [0.2, 0.25) is 0 Å². The molecule has 0 unspecified atom stereocenters. The standard InChI is InChI=1S/C21H22O2/c1-4-18-17(13-12-16-10-8-7-9-11-16)14-15-20(19(18)5-2)23-21(22)6-3/h6-15H,3-5H2,1-2H3. The molecule has 23 heavy (non-hydrogen) atoms. The van der Waals surface area contributed by atoms with Crippen molar-refractivity contribution in [2.75, 3.05) is 0 Å². The van der Waals surface area contributed by atoms with Gasteiger partial charge in [-0.2, -0.15) is 0 Å². The molecule has 0 N–H and O–H groups in total. The lowest BCUT2D eigenvalue weighted by molar-refractivity contribution is -0.129. The van der Waals surface area contributed by atoms with Crippen LogP contribution in [0.15, 0.2) is 55.1 Å². The van der Waals surface area contributed by atoms with E-state index in [4.69, 9.17) is 4.74 Å². The van der Waals surface area contributed by atoms with E-state index < -0.39 is 5.97 Å². The van der Waals surface area contributed by atoms with E-state index in [2.05, 4.69) is 44.7 Å². The number of ether oxygens (including phenoxy) is 1. The van der Waals surface area contributed by atoms with Crippen molar-refractivity contribution in [3.05, 3.63) is 77.4 Å². The second-order valence-corrected chi connectivity index (χ2v) is 5.19. The molecule has 0 aromatic heterocycles. The van der Waals surface area contributed by atoms with Gasteiger partial charge in [0.05, 0.1) is 0 Å². The molecule has 2 heteroatoms. The van der Waals surface area contributed by atoms with Gasteiger partial charge >= 0.3 is 5.97 Å². The van der Waals surface area contributed by atoms with Crippen molar-refractivity contribution in [2.24, 2.45) is 0 Å². The number of esters is 1. The molecule has 0 bridgehead atoms. The summed E-state index contributed by atoms with van der Waals surface area (Å²) in [4.78, 5) is 11.5. The van der Waals surface area contributed by atoms with Crippen molar-refractivity contribution in [3.8, 4) is 5.75 Å². The first-order valence-corrected chi connectivity index (χ1v) is 7.91. The Morgan fingerprint density at radius 2 is 1.70 bits per heavy atom. The fraction of sp³-hybridized carbons (Fsp3) is 0.190. The summed E-state index contributed by atoms with van der Waals surface area (Å²) in [6.45, 7) is 7.64. The molecule has 2 rings (SSSR count). The molecule has 0 radical (unpaired) electrons. The molecule has 2 nitrogen and oxygen atoms in total. The van der Waals surface area contributed by atoms with Crippen LogP contribution in [0.4, 0.5) is 0 Å². The highest BCUT2D eigenvalue weighted by Gasteiger charge is 2.12. The predicted molar refractivity (Wildman–Crippen MR) is 96.4 cm³/mol. The van der Waals surface area contributed by atoms with Crippen LogP contribution in [0.2, 0.25) is 0 Å². The lowest BCUT2D eigenvalue weighted by Crippen LogP contribution is -2.07. The van der Waals surface area contributed by atoms with E-state index in [9.17, 15) is 4.79 Å². The van der Waals surface area contributed by atoms with Gasteiger partial charge in [-0.1, -0.05) is 69.0 Å². The van der Waals surface area contributed by atoms with E-state index in [1.165, 1.54) is 11.6 Å². The zero-order valence-electron chi connectivity index (χ0n) is 13.7. The van der Waals surface area contributed by atoms with E-state index in [0.717, 1.165) is 29.5 Å². The number of benzene rings is 2. The molecule has 0 aliphatic heterocycles. The monoisotopic (exact) mass is 306 g/mol. The Morgan fingerprint density at radius 1 is 1.00 bits per heavy atom. The number of carbonyl (C=O) groups excluding carboxylic acids is 1. The Morgan fingerprint density at radius 3 is 2.30 bits per heavy atom. The van der Waals surface area contributed by atoms with Gasteiger partial charge in [-0.25, -0.2) is 4.79 Å². The topological polar surface area (TPSA) is 26.3 Å². The fourth-order valence-electron chi connectivity index (χ4n) is 2.65. The summed E-state index contributed by atoms with van der Waals surface area (Å²) in [6, 6.07) is 14.1. The maximum atomic E-state index is 11.5. The molecule has 0 heterocycles. The minimum absolute atomic E-state index is 0.422. The van der Waals surface area contributed by atoms with Crippen molar-refractivity contribution in [3.63, 3.8) is 0 Å². The predicted octanol–water partition coefficient (Wildman–Crippen LogP) is 5.07. The first-order chi connectivity index (χ1) is 11.2. The Labute approximate surface area is 138 Å². The number of rotatable bonds is 6. The van der Waals surface area contributed by atoms with Crippen LogP contribution in [0, 0.1) is 0 Å². The van der Waals surface area contributed by atoms with Gasteiger partial charge in [0.15, 0.2) is 0 Å². The molecule has 0 saturated carbocycles. The number of carbonyl (C=O) groups is 1. The average molecular weight is 306 g/mol. The highest BCUT2D eigenvalue weighted by atomic mass is 16.5. The normalized spacial score (nSPS) is 10.7. The molecule has 2 aromatic carbocycles. The van der Waals surface area contributed by atoms with Gasteiger partial charge in [0, 0.05) is 6.08 Å². The molecular formula is C21H22O2. The molecule has 0 fully saturated rings. The van der Waals surface area contributed by atoms with Gasteiger partial charge in [-0.05, 0) is 41.2 Å². The highest BCUT2D eigenvalue weighted by Crippen LogP contribution is 2.28. The van der Waals surface area contributed by atoms with E-state index in [1.807, 2.05) is 30.3 Å². The minimum atomic E-state index is -0.422. The number of hydrogen-bond acceptors (Lipinski definition) is 2. The first kappa shape index (κ1) is 16.8. The van der Waals surface area contributed by atoms with Crippen LogP contribution in [0.3, 0.4) is 0 Å². The fourth-order valence-corrected chi connectivity index (χ4v) is 2.65. The second-order valence-electron chi connectivity index (χ2n) is 5.19. The van der Waals surface area contributed by atoms with Crippen molar-refractivity contribution >= 4 is 18.1 Å². The maximum Gasteiger partial charge on any atom is 0.335 e. The van der Waals surface area contributed by atoms with E-state index in [0.29, 0.717) is 5.75 Å². The maximum absolute atomic E-state index is 11.5. The lowest BCUT2D eigenvalue weighted by atomic mass is 9.95. The van der Waals surface area contributed by atoms with Gasteiger partial charge in [0.1, 0.15) is 5.75 Å². The largest absolute Gasteiger partial charge is 0.423 e. The van der Waals surface area contributed by atoms with Crippen LogP contribution in [-0.2, 0) is 17.6 Å². The third kappa shape index (κ3) is 4.19. The van der Waals surface area contributed by atoms with Gasteiger partial charge in [-0.3, -0.25) is 0 Å². The first-order valence-electron chi connectivity index (χ1n) is 7.91. The molecule has 0 aliphatic carbocycles. The smallest absolute Gasteiger partial charge is 0.335 e. The summed E-state index contributed by atoms with van der Waals surface area (Å²) in [7, 11) is 0. The van der Waals surface area contributed by atoms with Gasteiger partial charge < -0.3 is 4.74 Å². The van der Waals surface area contributed by atoms with Crippen LogP contribution >= 0.6 is 0 Å². The molecule has 2 aromatic rings. The third-order valence-electron chi connectivity index (χ3n) is 3.76. The van der Waals surface area contributed by atoms with Crippen LogP contribution in [0.25, 0.3) is 12.2 Å². The molecule has 0 atom stereocenters. The van der Waals surface area contributed by atoms with Crippen LogP contribution in [-0.4, -0.2) is 5.97 Å². The average Bonchev–Trinajstić information content (AvgIpc) is 2.60. The number of hydrogen-bond donors (Lipinski definition) is 0.